The third-order valence-electron chi connectivity index (χ3n) is 2.96. The molecule has 0 saturated carbocycles. The molecule has 0 saturated heterocycles. The Morgan fingerprint density at radius 2 is 1.83 bits per heavy atom. The van der Waals surface area contributed by atoms with Crippen molar-refractivity contribution >= 4 is 22.4 Å². The minimum absolute atomic E-state index is 0.143. The second-order valence-electron chi connectivity index (χ2n) is 4.67. The predicted octanol–water partition coefficient (Wildman–Crippen LogP) is 3.71. The zero-order chi connectivity index (χ0) is 16.3. The molecule has 3 rings (SSSR count). The summed E-state index contributed by atoms with van der Waals surface area (Å²) in [6, 6.07) is 7.91. The molecule has 0 atom stereocenters. The van der Waals surface area contributed by atoms with Crippen LogP contribution in [0.15, 0.2) is 49.1 Å². The van der Waals surface area contributed by atoms with Gasteiger partial charge in [0.1, 0.15) is 17.9 Å². The fourth-order valence-electron chi connectivity index (χ4n) is 1.94. The molecule has 2 heterocycles. The second kappa shape index (κ2) is 6.07. The molecule has 0 radical (unpaired) electrons. The maximum absolute atomic E-state index is 12.1. The normalized spacial score (nSPS) is 11.4. The van der Waals surface area contributed by atoms with Crippen LogP contribution >= 0.6 is 0 Å². The van der Waals surface area contributed by atoms with Crippen LogP contribution in [0.1, 0.15) is 0 Å². The van der Waals surface area contributed by atoms with Gasteiger partial charge in [-0.2, -0.15) is 13.2 Å². The van der Waals surface area contributed by atoms with Crippen molar-refractivity contribution in [1.29, 1.82) is 0 Å². The lowest BCUT2D eigenvalue weighted by Gasteiger charge is -2.11. The van der Waals surface area contributed by atoms with E-state index in [2.05, 4.69) is 25.0 Å². The maximum Gasteiger partial charge on any atom is 0.422 e. The van der Waals surface area contributed by atoms with Crippen molar-refractivity contribution in [2.24, 2.45) is 0 Å². The van der Waals surface area contributed by atoms with Crippen LogP contribution in [0.2, 0.25) is 0 Å². The van der Waals surface area contributed by atoms with Crippen LogP contribution in [0, 0.1) is 0 Å². The van der Waals surface area contributed by atoms with Crippen molar-refractivity contribution in [3.63, 3.8) is 0 Å². The van der Waals surface area contributed by atoms with Gasteiger partial charge in [0.15, 0.2) is 6.61 Å². The highest BCUT2D eigenvalue weighted by Crippen LogP contribution is 2.24. The first-order valence-corrected chi connectivity index (χ1v) is 6.63. The Bertz CT molecular complexity index is 800. The number of fused-ring (bicyclic) bond motifs is 1. The van der Waals surface area contributed by atoms with Gasteiger partial charge in [-0.1, -0.05) is 0 Å². The van der Waals surface area contributed by atoms with Gasteiger partial charge in [-0.3, -0.25) is 4.98 Å². The third-order valence-corrected chi connectivity index (χ3v) is 2.96. The summed E-state index contributed by atoms with van der Waals surface area (Å²) in [6.07, 6.45) is 0.305. The first kappa shape index (κ1) is 15.0. The summed E-state index contributed by atoms with van der Waals surface area (Å²) in [7, 11) is 0. The number of pyridine rings is 1. The fourth-order valence-corrected chi connectivity index (χ4v) is 1.94. The Hall–Kier alpha value is -2.90. The van der Waals surface area contributed by atoms with Crippen LogP contribution in [-0.2, 0) is 0 Å². The highest BCUT2D eigenvalue weighted by molar-refractivity contribution is 5.89. The molecule has 23 heavy (non-hydrogen) atoms. The molecule has 0 spiro atoms. The smallest absolute Gasteiger partial charge is 0.422 e. The van der Waals surface area contributed by atoms with Gasteiger partial charge in [-0.25, -0.2) is 9.97 Å². The Balaban J connectivity index is 1.75. The Morgan fingerprint density at radius 3 is 2.57 bits per heavy atom. The van der Waals surface area contributed by atoms with Gasteiger partial charge < -0.3 is 10.1 Å². The number of nitrogens with one attached hydrogen (secondary N) is 1. The molecule has 0 bridgehead atoms. The summed E-state index contributed by atoms with van der Waals surface area (Å²) in [5, 5.41) is 3.88. The van der Waals surface area contributed by atoms with Crippen molar-refractivity contribution in [1.82, 2.24) is 15.0 Å². The van der Waals surface area contributed by atoms with Crippen LogP contribution in [0.4, 0.5) is 24.7 Å². The molecule has 0 amide bonds. The number of ether oxygens (including phenoxy) is 1. The fraction of sp³-hybridized carbons (Fsp3) is 0.133. The van der Waals surface area contributed by atoms with Crippen molar-refractivity contribution in [2.45, 2.75) is 6.18 Å². The lowest BCUT2D eigenvalue weighted by molar-refractivity contribution is -0.153. The Kier molecular flexibility index (Phi) is 3.96. The number of benzene rings is 1. The molecular weight excluding hydrogens is 309 g/mol. The number of halogens is 3. The van der Waals surface area contributed by atoms with Crippen LogP contribution in [0.3, 0.4) is 0 Å². The number of hydrogen-bond donors (Lipinski definition) is 1. The van der Waals surface area contributed by atoms with Gasteiger partial charge in [0.25, 0.3) is 0 Å². The zero-order valence-electron chi connectivity index (χ0n) is 11.7. The van der Waals surface area contributed by atoms with E-state index in [1.165, 1.54) is 18.5 Å². The number of rotatable bonds is 4. The van der Waals surface area contributed by atoms with E-state index in [1.54, 1.807) is 30.6 Å². The first-order valence-electron chi connectivity index (χ1n) is 6.63. The van der Waals surface area contributed by atoms with E-state index in [4.69, 9.17) is 0 Å². The van der Waals surface area contributed by atoms with Crippen molar-refractivity contribution < 1.29 is 17.9 Å². The minimum atomic E-state index is -4.36. The summed E-state index contributed by atoms with van der Waals surface area (Å²) in [6.45, 7) is -1.32. The average Bonchev–Trinajstić information content (AvgIpc) is 2.54. The second-order valence-corrected chi connectivity index (χ2v) is 4.67. The lowest BCUT2D eigenvalue weighted by atomic mass is 10.2. The van der Waals surface area contributed by atoms with Gasteiger partial charge in [-0.05, 0) is 30.3 Å². The number of hydrogen-bond acceptors (Lipinski definition) is 5. The van der Waals surface area contributed by atoms with E-state index in [0.29, 0.717) is 17.0 Å². The van der Waals surface area contributed by atoms with Crippen molar-refractivity contribution in [3.8, 4) is 5.75 Å². The maximum atomic E-state index is 12.1. The van der Waals surface area contributed by atoms with Gasteiger partial charge in [0.05, 0.1) is 11.7 Å². The molecule has 5 nitrogen and oxygen atoms in total. The summed E-state index contributed by atoms with van der Waals surface area (Å²) in [5.74, 6) is 0.728. The monoisotopic (exact) mass is 320 g/mol. The molecule has 118 valence electrons. The van der Waals surface area contributed by atoms with Crippen LogP contribution in [0.25, 0.3) is 10.9 Å². The van der Waals surface area contributed by atoms with Crippen LogP contribution in [0.5, 0.6) is 5.75 Å². The van der Waals surface area contributed by atoms with Crippen LogP contribution < -0.4 is 10.1 Å². The summed E-state index contributed by atoms with van der Waals surface area (Å²) in [5.41, 5.74) is 1.36. The largest absolute Gasteiger partial charge is 0.484 e. The van der Waals surface area contributed by atoms with E-state index in [0.717, 1.165) is 5.39 Å². The predicted molar refractivity (Wildman–Crippen MR) is 78.6 cm³/mol. The molecule has 0 unspecified atom stereocenters. The van der Waals surface area contributed by atoms with Crippen molar-refractivity contribution in [2.75, 3.05) is 11.9 Å². The third kappa shape index (κ3) is 3.85. The molecule has 0 aliphatic rings. The molecule has 3 aromatic rings. The van der Waals surface area contributed by atoms with Gasteiger partial charge in [-0.15, -0.1) is 0 Å². The molecule has 1 N–H and O–H groups in total. The lowest BCUT2D eigenvalue weighted by Crippen LogP contribution is -2.19. The molecule has 2 aromatic heterocycles. The number of alkyl halides is 3. The highest BCUT2D eigenvalue weighted by Gasteiger charge is 2.28. The quantitative estimate of drug-likeness (QED) is 0.794. The molecule has 0 aliphatic carbocycles. The summed E-state index contributed by atoms with van der Waals surface area (Å²) in [4.78, 5) is 12.3. The van der Waals surface area contributed by atoms with E-state index in [1.807, 2.05) is 0 Å². The molecule has 0 aliphatic heterocycles. The Labute approximate surface area is 129 Å². The van der Waals surface area contributed by atoms with E-state index in [-0.39, 0.29) is 5.75 Å². The van der Waals surface area contributed by atoms with Crippen molar-refractivity contribution in [3.05, 3.63) is 49.1 Å². The standard InChI is InChI=1S/C15H11F3N4O/c16-15(17,18)8-23-11-3-1-10(2-4-11)22-14-12-5-6-19-7-13(12)20-9-21-14/h1-7,9H,8H2,(H,20,21,22). The molecule has 1 aromatic carbocycles. The molecule has 8 heteroatoms. The zero-order valence-corrected chi connectivity index (χ0v) is 11.7. The van der Waals surface area contributed by atoms with Gasteiger partial charge >= 0.3 is 6.18 Å². The number of aromatic nitrogens is 3. The van der Waals surface area contributed by atoms with E-state index in [9.17, 15) is 13.2 Å². The minimum Gasteiger partial charge on any atom is -0.484 e. The van der Waals surface area contributed by atoms with Crippen LogP contribution in [-0.4, -0.2) is 27.7 Å². The SMILES string of the molecule is FC(F)(F)COc1ccc(Nc2ncnc3cnccc23)cc1. The Morgan fingerprint density at radius 1 is 1.04 bits per heavy atom. The molecule has 0 fully saturated rings. The summed E-state index contributed by atoms with van der Waals surface area (Å²) < 4.78 is 41.0. The number of nitrogens with zero attached hydrogens (tertiary/aromatic N) is 3. The van der Waals surface area contributed by atoms with Gasteiger partial charge in [0.2, 0.25) is 0 Å². The number of anilines is 2. The summed E-state index contributed by atoms with van der Waals surface area (Å²) >= 11 is 0. The van der Waals surface area contributed by atoms with E-state index < -0.39 is 12.8 Å². The van der Waals surface area contributed by atoms with Gasteiger partial charge in [0, 0.05) is 17.3 Å². The topological polar surface area (TPSA) is 59.9 Å². The highest BCUT2D eigenvalue weighted by atomic mass is 19.4. The average molecular weight is 320 g/mol. The molecular formula is C15H11F3N4O. The van der Waals surface area contributed by atoms with E-state index >= 15 is 0 Å². The first-order chi connectivity index (χ1) is 11.0.